The molecule has 1 saturated heterocycles. The molecule has 1 amide bonds. The monoisotopic (exact) mass is 368 g/mol. The third-order valence-corrected chi connectivity index (χ3v) is 4.58. The summed E-state index contributed by atoms with van der Waals surface area (Å²) < 4.78 is 19.0. The van der Waals surface area contributed by atoms with E-state index in [-0.39, 0.29) is 23.9 Å². The third kappa shape index (κ3) is 3.78. The van der Waals surface area contributed by atoms with Crippen LogP contribution in [-0.4, -0.2) is 41.2 Å². The number of aromatic nitrogens is 2. The molecular weight excluding hydrogens is 347 g/mol. The third-order valence-electron chi connectivity index (χ3n) is 4.58. The molecule has 0 aliphatic carbocycles. The zero-order valence-electron chi connectivity index (χ0n) is 15.2. The summed E-state index contributed by atoms with van der Waals surface area (Å²) in [5, 5.41) is 3.47. The minimum absolute atomic E-state index is 0.154. The van der Waals surface area contributed by atoms with Gasteiger partial charge < -0.3 is 19.9 Å². The molecule has 1 aliphatic heterocycles. The Morgan fingerprint density at radius 2 is 2.00 bits per heavy atom. The van der Waals surface area contributed by atoms with Crippen molar-refractivity contribution in [2.75, 3.05) is 23.3 Å². The van der Waals surface area contributed by atoms with Crippen LogP contribution in [0.2, 0.25) is 0 Å². The summed E-state index contributed by atoms with van der Waals surface area (Å²) in [4.78, 5) is 22.1. The van der Waals surface area contributed by atoms with Crippen molar-refractivity contribution < 1.29 is 13.9 Å². The summed E-state index contributed by atoms with van der Waals surface area (Å²) >= 11 is 0. The van der Waals surface area contributed by atoms with Gasteiger partial charge >= 0.3 is 0 Å². The van der Waals surface area contributed by atoms with Crippen molar-refractivity contribution in [2.45, 2.75) is 26.1 Å². The number of nitrogens with zero attached hydrogens (tertiary/aromatic N) is 2. The number of morpholine rings is 1. The maximum atomic E-state index is 13.3. The summed E-state index contributed by atoms with van der Waals surface area (Å²) in [5.74, 6) is 0.228. The van der Waals surface area contributed by atoms with Crippen LogP contribution in [0.1, 0.15) is 24.3 Å². The Labute approximate surface area is 156 Å². The SMILES string of the molecule is C[C@@H]1CN(c2ccc(NC(=O)c3cc4cc(F)ccc4[nH]3)cn2)C[C@H](C)O1. The van der Waals surface area contributed by atoms with E-state index in [1.54, 1.807) is 18.3 Å². The van der Waals surface area contributed by atoms with Gasteiger partial charge in [-0.25, -0.2) is 9.37 Å². The number of carbonyl (C=O) groups excluding carboxylic acids is 1. The van der Waals surface area contributed by atoms with E-state index in [2.05, 4.69) is 20.2 Å². The molecule has 3 aromatic rings. The van der Waals surface area contributed by atoms with E-state index in [0.29, 0.717) is 22.3 Å². The van der Waals surface area contributed by atoms with Crippen molar-refractivity contribution in [1.82, 2.24) is 9.97 Å². The largest absolute Gasteiger partial charge is 0.372 e. The molecule has 27 heavy (non-hydrogen) atoms. The zero-order chi connectivity index (χ0) is 19.0. The first-order valence-electron chi connectivity index (χ1n) is 8.94. The molecule has 2 atom stereocenters. The molecule has 0 unspecified atom stereocenters. The fourth-order valence-electron chi connectivity index (χ4n) is 3.44. The van der Waals surface area contributed by atoms with Gasteiger partial charge in [0.05, 0.1) is 24.1 Å². The molecule has 1 fully saturated rings. The quantitative estimate of drug-likeness (QED) is 0.742. The van der Waals surface area contributed by atoms with Crippen LogP contribution in [0, 0.1) is 5.82 Å². The summed E-state index contributed by atoms with van der Waals surface area (Å²) in [6, 6.07) is 9.71. The van der Waals surface area contributed by atoms with Crippen molar-refractivity contribution >= 4 is 28.3 Å². The predicted molar refractivity (Wildman–Crippen MR) is 103 cm³/mol. The van der Waals surface area contributed by atoms with Crippen LogP contribution in [0.5, 0.6) is 0 Å². The first-order chi connectivity index (χ1) is 13.0. The summed E-state index contributed by atoms with van der Waals surface area (Å²) in [7, 11) is 0. The van der Waals surface area contributed by atoms with Crippen LogP contribution in [0.4, 0.5) is 15.9 Å². The lowest BCUT2D eigenvalue weighted by Crippen LogP contribution is -2.45. The molecule has 0 bridgehead atoms. The highest BCUT2D eigenvalue weighted by Crippen LogP contribution is 2.21. The molecule has 0 saturated carbocycles. The Bertz CT molecular complexity index is 960. The highest BCUT2D eigenvalue weighted by molar-refractivity contribution is 6.05. The highest BCUT2D eigenvalue weighted by atomic mass is 19.1. The molecule has 140 valence electrons. The number of pyridine rings is 1. The maximum Gasteiger partial charge on any atom is 0.272 e. The summed E-state index contributed by atoms with van der Waals surface area (Å²) in [6.45, 7) is 5.66. The lowest BCUT2D eigenvalue weighted by atomic mass is 10.2. The van der Waals surface area contributed by atoms with Crippen molar-refractivity contribution in [3.63, 3.8) is 0 Å². The number of halogens is 1. The van der Waals surface area contributed by atoms with Crippen LogP contribution in [0.15, 0.2) is 42.6 Å². The van der Waals surface area contributed by atoms with Gasteiger partial charge in [0.1, 0.15) is 17.3 Å². The second kappa shape index (κ2) is 7.00. The molecule has 4 rings (SSSR count). The number of hydrogen-bond acceptors (Lipinski definition) is 4. The van der Waals surface area contributed by atoms with E-state index in [1.807, 2.05) is 26.0 Å². The number of rotatable bonds is 3. The van der Waals surface area contributed by atoms with Gasteiger partial charge in [0.2, 0.25) is 0 Å². The van der Waals surface area contributed by atoms with Crippen LogP contribution in [0.3, 0.4) is 0 Å². The Morgan fingerprint density at radius 3 is 2.70 bits per heavy atom. The van der Waals surface area contributed by atoms with Crippen LogP contribution in [-0.2, 0) is 4.74 Å². The Hall–Kier alpha value is -2.93. The van der Waals surface area contributed by atoms with E-state index in [1.165, 1.54) is 12.1 Å². The molecule has 1 aliphatic rings. The molecule has 2 N–H and O–H groups in total. The smallest absolute Gasteiger partial charge is 0.272 e. The van der Waals surface area contributed by atoms with Crippen LogP contribution in [0.25, 0.3) is 10.9 Å². The van der Waals surface area contributed by atoms with Crippen molar-refractivity contribution in [1.29, 1.82) is 0 Å². The number of hydrogen-bond donors (Lipinski definition) is 2. The first kappa shape index (κ1) is 17.5. The second-order valence-electron chi connectivity index (χ2n) is 6.94. The van der Waals surface area contributed by atoms with Gasteiger partial charge in [-0.3, -0.25) is 4.79 Å². The number of anilines is 2. The van der Waals surface area contributed by atoms with Gasteiger partial charge in [-0.15, -0.1) is 0 Å². The number of aromatic amines is 1. The predicted octanol–water partition coefficient (Wildman–Crippen LogP) is 3.57. The molecule has 6 nitrogen and oxygen atoms in total. The Morgan fingerprint density at radius 1 is 1.22 bits per heavy atom. The lowest BCUT2D eigenvalue weighted by molar-refractivity contribution is -0.00545. The standard InChI is InChI=1S/C20H21FN4O2/c1-12-10-25(11-13(2)27-12)19-6-4-16(9-22-19)23-20(26)18-8-14-7-15(21)3-5-17(14)24-18/h3-9,12-13,24H,10-11H2,1-2H3,(H,23,26)/t12-,13+. The minimum atomic E-state index is -0.333. The first-order valence-corrected chi connectivity index (χ1v) is 8.94. The number of amides is 1. The second-order valence-corrected chi connectivity index (χ2v) is 6.94. The van der Waals surface area contributed by atoms with E-state index in [0.717, 1.165) is 18.9 Å². The van der Waals surface area contributed by atoms with Gasteiger partial charge in [0.25, 0.3) is 5.91 Å². The van der Waals surface area contributed by atoms with Crippen LogP contribution >= 0.6 is 0 Å². The molecule has 0 spiro atoms. The molecule has 2 aromatic heterocycles. The van der Waals surface area contributed by atoms with E-state index < -0.39 is 0 Å². The fraction of sp³-hybridized carbons (Fsp3) is 0.300. The summed E-state index contributed by atoms with van der Waals surface area (Å²) in [5.41, 5.74) is 1.68. The number of fused-ring (bicyclic) bond motifs is 1. The number of H-pyrrole nitrogens is 1. The van der Waals surface area contributed by atoms with Crippen molar-refractivity contribution in [3.05, 3.63) is 54.1 Å². The van der Waals surface area contributed by atoms with Gasteiger partial charge in [0, 0.05) is 24.0 Å². The van der Waals surface area contributed by atoms with Gasteiger partial charge in [0.15, 0.2) is 0 Å². The molecule has 3 heterocycles. The van der Waals surface area contributed by atoms with Crippen LogP contribution < -0.4 is 10.2 Å². The van der Waals surface area contributed by atoms with Crippen molar-refractivity contribution in [3.8, 4) is 0 Å². The van der Waals surface area contributed by atoms with Crippen molar-refractivity contribution in [2.24, 2.45) is 0 Å². The Kier molecular flexibility index (Phi) is 4.53. The molecule has 7 heteroatoms. The number of carbonyl (C=O) groups is 1. The average Bonchev–Trinajstić information content (AvgIpc) is 3.05. The van der Waals surface area contributed by atoms with E-state index >= 15 is 0 Å². The number of ether oxygens (including phenoxy) is 1. The summed E-state index contributed by atoms with van der Waals surface area (Å²) in [6.07, 6.45) is 1.95. The van der Waals surface area contributed by atoms with Gasteiger partial charge in [-0.05, 0) is 50.2 Å². The van der Waals surface area contributed by atoms with Gasteiger partial charge in [-0.2, -0.15) is 0 Å². The topological polar surface area (TPSA) is 70.2 Å². The number of nitrogens with one attached hydrogen (secondary N) is 2. The fourth-order valence-corrected chi connectivity index (χ4v) is 3.44. The van der Waals surface area contributed by atoms with E-state index in [4.69, 9.17) is 4.74 Å². The molecule has 0 radical (unpaired) electrons. The Balaban J connectivity index is 1.46. The van der Waals surface area contributed by atoms with Gasteiger partial charge in [-0.1, -0.05) is 0 Å². The average molecular weight is 368 g/mol. The maximum absolute atomic E-state index is 13.3. The van der Waals surface area contributed by atoms with E-state index in [9.17, 15) is 9.18 Å². The minimum Gasteiger partial charge on any atom is -0.372 e. The highest BCUT2D eigenvalue weighted by Gasteiger charge is 2.23. The molecular formula is C20H21FN4O2. The molecule has 1 aromatic carbocycles. The number of benzene rings is 1. The zero-order valence-corrected chi connectivity index (χ0v) is 15.2. The lowest BCUT2D eigenvalue weighted by Gasteiger charge is -2.36. The normalized spacial score (nSPS) is 20.0.